The fraction of sp³-hybridized carbons (Fsp3) is 0.700. The van der Waals surface area contributed by atoms with E-state index in [2.05, 4.69) is 15.6 Å². The maximum atomic E-state index is 11.8. The Labute approximate surface area is 95.2 Å². The van der Waals surface area contributed by atoms with Crippen LogP contribution in [0.15, 0.2) is 12.4 Å². The molecule has 0 fully saturated rings. The molecule has 1 heterocycles. The quantitative estimate of drug-likeness (QED) is 0.708. The van der Waals surface area contributed by atoms with E-state index in [0.29, 0.717) is 25.9 Å². The molecule has 1 rings (SSSR count). The third-order valence-corrected chi connectivity index (χ3v) is 2.81. The van der Waals surface area contributed by atoms with Crippen molar-refractivity contribution in [1.82, 2.24) is 20.3 Å². The summed E-state index contributed by atoms with van der Waals surface area (Å²) in [6, 6.07) is 0. The van der Waals surface area contributed by atoms with E-state index in [1.807, 2.05) is 13.8 Å². The smallest absolute Gasteiger partial charge is 0.240 e. The van der Waals surface area contributed by atoms with E-state index in [1.165, 1.54) is 0 Å². The normalized spacial score (nSPS) is 11.4. The molecule has 0 spiro atoms. The van der Waals surface area contributed by atoms with Gasteiger partial charge in [0.05, 0.1) is 18.3 Å². The molecule has 1 amide bonds. The number of rotatable bonds is 6. The first-order valence-electron chi connectivity index (χ1n) is 5.53. The molecule has 0 atom stereocenters. The molecule has 0 aromatic carbocycles. The van der Waals surface area contributed by atoms with E-state index in [0.717, 1.165) is 0 Å². The Kier molecular flexibility index (Phi) is 4.42. The van der Waals surface area contributed by atoms with Gasteiger partial charge < -0.3 is 11.1 Å². The summed E-state index contributed by atoms with van der Waals surface area (Å²) in [5.74, 6) is -0.0994. The van der Waals surface area contributed by atoms with E-state index in [1.54, 1.807) is 17.1 Å². The highest BCUT2D eigenvalue weighted by atomic mass is 16.2. The molecule has 0 unspecified atom stereocenters. The summed E-state index contributed by atoms with van der Waals surface area (Å²) in [7, 11) is 0. The second-order valence-electron chi connectivity index (χ2n) is 3.79. The Bertz CT molecular complexity index is 318. The summed E-state index contributed by atoms with van der Waals surface area (Å²) >= 11 is 0. The van der Waals surface area contributed by atoms with Gasteiger partial charge in [-0.2, -0.15) is 0 Å². The molecule has 1 aromatic heterocycles. The number of hydrogen-bond acceptors (Lipinski definition) is 4. The number of nitrogens with two attached hydrogens (primary N) is 1. The maximum Gasteiger partial charge on any atom is 0.240 e. The standard InChI is InChI=1S/C10H19N5O/c1-3-10(11,4-2)9(16)12-5-7-15-8-6-13-14-15/h6,8H,3-5,7,11H2,1-2H3,(H,12,16). The molecular weight excluding hydrogens is 206 g/mol. The van der Waals surface area contributed by atoms with Gasteiger partial charge in [-0.05, 0) is 12.8 Å². The SMILES string of the molecule is CCC(N)(CC)C(=O)NCCn1ccnn1. The van der Waals surface area contributed by atoms with Gasteiger partial charge in [0.1, 0.15) is 0 Å². The van der Waals surface area contributed by atoms with E-state index in [-0.39, 0.29) is 5.91 Å². The number of nitrogens with one attached hydrogen (secondary N) is 1. The number of nitrogens with zero attached hydrogens (tertiary/aromatic N) is 3. The van der Waals surface area contributed by atoms with E-state index in [9.17, 15) is 4.79 Å². The van der Waals surface area contributed by atoms with Crippen molar-refractivity contribution < 1.29 is 4.79 Å². The van der Waals surface area contributed by atoms with Crippen molar-refractivity contribution in [3.63, 3.8) is 0 Å². The minimum absolute atomic E-state index is 0.0994. The first-order valence-corrected chi connectivity index (χ1v) is 5.53. The van der Waals surface area contributed by atoms with Crippen molar-refractivity contribution >= 4 is 5.91 Å². The summed E-state index contributed by atoms with van der Waals surface area (Å²) in [4.78, 5) is 11.8. The van der Waals surface area contributed by atoms with Crippen molar-refractivity contribution in [1.29, 1.82) is 0 Å². The number of hydrogen-bond donors (Lipinski definition) is 2. The van der Waals surface area contributed by atoms with Crippen LogP contribution in [0, 0.1) is 0 Å². The van der Waals surface area contributed by atoms with Gasteiger partial charge in [0.15, 0.2) is 0 Å². The van der Waals surface area contributed by atoms with Gasteiger partial charge in [0.25, 0.3) is 0 Å². The van der Waals surface area contributed by atoms with E-state index < -0.39 is 5.54 Å². The molecule has 90 valence electrons. The molecule has 3 N–H and O–H groups in total. The molecule has 0 bridgehead atoms. The lowest BCUT2D eigenvalue weighted by atomic mass is 9.93. The number of carbonyl (C=O) groups is 1. The van der Waals surface area contributed by atoms with Gasteiger partial charge in [-0.25, -0.2) is 0 Å². The summed E-state index contributed by atoms with van der Waals surface area (Å²) in [6.45, 7) is 4.96. The van der Waals surface area contributed by atoms with Crippen LogP contribution in [-0.2, 0) is 11.3 Å². The molecular formula is C10H19N5O. The number of aromatic nitrogens is 3. The topological polar surface area (TPSA) is 85.8 Å². The second kappa shape index (κ2) is 5.60. The lowest BCUT2D eigenvalue weighted by Crippen LogP contribution is -2.53. The summed E-state index contributed by atoms with van der Waals surface area (Å²) in [6.07, 6.45) is 4.63. The van der Waals surface area contributed by atoms with Gasteiger partial charge in [0, 0.05) is 12.7 Å². The van der Waals surface area contributed by atoms with Crippen molar-refractivity contribution in [2.24, 2.45) is 5.73 Å². The fourth-order valence-corrected chi connectivity index (χ4v) is 1.38. The lowest BCUT2D eigenvalue weighted by Gasteiger charge is -2.25. The van der Waals surface area contributed by atoms with Crippen LogP contribution in [0.3, 0.4) is 0 Å². The van der Waals surface area contributed by atoms with Crippen molar-refractivity contribution in [3.8, 4) is 0 Å². The minimum atomic E-state index is -0.748. The summed E-state index contributed by atoms with van der Waals surface area (Å²) < 4.78 is 1.66. The molecule has 6 heteroatoms. The Balaban J connectivity index is 2.35. The lowest BCUT2D eigenvalue weighted by molar-refractivity contribution is -0.126. The monoisotopic (exact) mass is 225 g/mol. The van der Waals surface area contributed by atoms with Gasteiger partial charge in [-0.1, -0.05) is 19.1 Å². The zero-order valence-electron chi connectivity index (χ0n) is 9.81. The Morgan fingerprint density at radius 1 is 1.50 bits per heavy atom. The zero-order valence-corrected chi connectivity index (χ0v) is 9.81. The van der Waals surface area contributed by atoms with Gasteiger partial charge in [0.2, 0.25) is 5.91 Å². The number of carbonyl (C=O) groups excluding carboxylic acids is 1. The molecule has 6 nitrogen and oxygen atoms in total. The van der Waals surface area contributed by atoms with E-state index in [4.69, 9.17) is 5.73 Å². The van der Waals surface area contributed by atoms with Crippen LogP contribution in [0.5, 0.6) is 0 Å². The first-order chi connectivity index (χ1) is 7.62. The summed E-state index contributed by atoms with van der Waals surface area (Å²) in [5.41, 5.74) is 5.21. The molecule has 0 saturated heterocycles. The predicted molar refractivity (Wildman–Crippen MR) is 60.5 cm³/mol. The van der Waals surface area contributed by atoms with Crippen LogP contribution in [0.1, 0.15) is 26.7 Å². The highest BCUT2D eigenvalue weighted by molar-refractivity contribution is 5.85. The predicted octanol–water partition coefficient (Wildman–Crippen LogP) is -0.0882. The average Bonchev–Trinajstić information content (AvgIpc) is 2.80. The molecule has 0 radical (unpaired) electrons. The fourth-order valence-electron chi connectivity index (χ4n) is 1.38. The molecule has 0 saturated carbocycles. The van der Waals surface area contributed by atoms with Crippen molar-refractivity contribution in [3.05, 3.63) is 12.4 Å². The molecule has 16 heavy (non-hydrogen) atoms. The van der Waals surface area contributed by atoms with Crippen LogP contribution >= 0.6 is 0 Å². The Hall–Kier alpha value is -1.43. The van der Waals surface area contributed by atoms with Crippen LogP contribution in [0.2, 0.25) is 0 Å². The zero-order chi connectivity index (χ0) is 12.0. The van der Waals surface area contributed by atoms with Crippen LogP contribution < -0.4 is 11.1 Å². The highest BCUT2D eigenvalue weighted by Gasteiger charge is 2.29. The highest BCUT2D eigenvalue weighted by Crippen LogP contribution is 2.10. The Morgan fingerprint density at radius 2 is 2.19 bits per heavy atom. The van der Waals surface area contributed by atoms with E-state index >= 15 is 0 Å². The molecule has 0 aliphatic rings. The van der Waals surface area contributed by atoms with Gasteiger partial charge in [-0.3, -0.25) is 9.48 Å². The third kappa shape index (κ3) is 3.03. The van der Waals surface area contributed by atoms with Crippen molar-refractivity contribution in [2.45, 2.75) is 38.8 Å². The third-order valence-electron chi connectivity index (χ3n) is 2.81. The molecule has 0 aliphatic heterocycles. The van der Waals surface area contributed by atoms with Gasteiger partial charge >= 0.3 is 0 Å². The summed E-state index contributed by atoms with van der Waals surface area (Å²) in [5, 5.41) is 10.3. The van der Waals surface area contributed by atoms with Gasteiger partial charge in [-0.15, -0.1) is 5.10 Å². The maximum absolute atomic E-state index is 11.8. The minimum Gasteiger partial charge on any atom is -0.353 e. The second-order valence-corrected chi connectivity index (χ2v) is 3.79. The van der Waals surface area contributed by atoms with Crippen LogP contribution in [0.25, 0.3) is 0 Å². The Morgan fingerprint density at radius 3 is 2.69 bits per heavy atom. The first kappa shape index (κ1) is 12.6. The molecule has 1 aromatic rings. The largest absolute Gasteiger partial charge is 0.353 e. The van der Waals surface area contributed by atoms with Crippen molar-refractivity contribution in [2.75, 3.05) is 6.54 Å². The molecule has 0 aliphatic carbocycles. The van der Waals surface area contributed by atoms with Crippen LogP contribution in [0.4, 0.5) is 0 Å². The van der Waals surface area contributed by atoms with Crippen LogP contribution in [-0.4, -0.2) is 33.0 Å². The average molecular weight is 225 g/mol. The number of amides is 1.